The number of carbonyl (C=O) groups is 2. The summed E-state index contributed by atoms with van der Waals surface area (Å²) in [6.07, 6.45) is 0.698. The average Bonchev–Trinajstić information content (AvgIpc) is 2.32. The smallest absolute Gasteiger partial charge is 0.337 e. The van der Waals surface area contributed by atoms with Gasteiger partial charge in [0.25, 0.3) is 0 Å². The van der Waals surface area contributed by atoms with E-state index in [9.17, 15) is 9.59 Å². The van der Waals surface area contributed by atoms with Gasteiger partial charge in [0.2, 0.25) is 0 Å². The van der Waals surface area contributed by atoms with Crippen molar-refractivity contribution in [3.05, 3.63) is 23.8 Å². The lowest BCUT2D eigenvalue weighted by atomic mass is 10.2. The van der Waals surface area contributed by atoms with Crippen LogP contribution in [0.3, 0.4) is 0 Å². The summed E-state index contributed by atoms with van der Waals surface area (Å²) in [5.41, 5.74) is 0.458. The third-order valence-corrected chi connectivity index (χ3v) is 1.89. The molecule has 17 heavy (non-hydrogen) atoms. The van der Waals surface area contributed by atoms with Crippen molar-refractivity contribution >= 4 is 12.3 Å². The van der Waals surface area contributed by atoms with E-state index in [1.165, 1.54) is 19.2 Å². The van der Waals surface area contributed by atoms with Crippen molar-refractivity contribution in [2.75, 3.05) is 20.3 Å². The van der Waals surface area contributed by atoms with Crippen LogP contribution in [0.25, 0.3) is 0 Å². The summed E-state index contributed by atoms with van der Waals surface area (Å²) in [6, 6.07) is 4.58. The van der Waals surface area contributed by atoms with Crippen LogP contribution in [-0.4, -0.2) is 32.6 Å². The van der Waals surface area contributed by atoms with Crippen molar-refractivity contribution < 1.29 is 23.8 Å². The highest BCUT2D eigenvalue weighted by Gasteiger charge is 2.10. The van der Waals surface area contributed by atoms with Crippen LogP contribution in [-0.2, 0) is 9.53 Å². The van der Waals surface area contributed by atoms with E-state index in [0.29, 0.717) is 24.2 Å². The summed E-state index contributed by atoms with van der Waals surface area (Å²) in [6.45, 7) is 2.08. The van der Waals surface area contributed by atoms with Crippen molar-refractivity contribution in [1.29, 1.82) is 0 Å². The minimum absolute atomic E-state index is 0.138. The minimum atomic E-state index is -0.521. The molecule has 0 radical (unpaired) electrons. The topological polar surface area (TPSA) is 61.8 Å². The first-order chi connectivity index (χ1) is 8.21. The maximum absolute atomic E-state index is 11.3. The number of hydrogen-bond acceptors (Lipinski definition) is 5. The van der Waals surface area contributed by atoms with Gasteiger partial charge in [0.1, 0.15) is 12.9 Å². The molecule has 1 aromatic rings. The Labute approximate surface area is 99.3 Å². The summed E-state index contributed by atoms with van der Waals surface area (Å²) in [7, 11) is 1.40. The Morgan fingerprint density at radius 1 is 1.35 bits per heavy atom. The zero-order valence-corrected chi connectivity index (χ0v) is 9.76. The molecule has 5 heteroatoms. The summed E-state index contributed by atoms with van der Waals surface area (Å²) < 4.78 is 15.0. The number of benzene rings is 1. The number of ether oxygens (including phenoxy) is 3. The van der Waals surface area contributed by atoms with E-state index in [1.54, 1.807) is 13.0 Å². The summed E-state index contributed by atoms with van der Waals surface area (Å²) in [5.74, 6) is 0.119. The summed E-state index contributed by atoms with van der Waals surface area (Å²) in [5, 5.41) is 0. The first-order valence-corrected chi connectivity index (χ1v) is 5.13. The van der Waals surface area contributed by atoms with Crippen LogP contribution >= 0.6 is 0 Å². The van der Waals surface area contributed by atoms with Crippen molar-refractivity contribution in [2.45, 2.75) is 6.92 Å². The minimum Gasteiger partial charge on any atom is -0.490 e. The van der Waals surface area contributed by atoms with Gasteiger partial charge in [0, 0.05) is 12.7 Å². The van der Waals surface area contributed by atoms with Crippen molar-refractivity contribution in [1.82, 2.24) is 0 Å². The van der Waals surface area contributed by atoms with E-state index in [1.807, 2.05) is 0 Å². The van der Waals surface area contributed by atoms with Crippen LogP contribution in [0.2, 0.25) is 0 Å². The van der Waals surface area contributed by atoms with Gasteiger partial charge < -0.3 is 14.2 Å². The fourth-order valence-electron chi connectivity index (χ4n) is 1.22. The largest absolute Gasteiger partial charge is 0.490 e. The number of esters is 1. The van der Waals surface area contributed by atoms with Crippen molar-refractivity contribution in [3.63, 3.8) is 0 Å². The molecule has 92 valence electrons. The normalized spacial score (nSPS) is 9.76. The van der Waals surface area contributed by atoms with E-state index in [0.717, 1.165) is 0 Å². The van der Waals surface area contributed by atoms with Crippen LogP contribution in [0.1, 0.15) is 17.3 Å². The maximum atomic E-state index is 11.3. The van der Waals surface area contributed by atoms with Gasteiger partial charge in [0.15, 0.2) is 11.5 Å². The molecule has 1 rings (SSSR count). The third kappa shape index (κ3) is 3.88. The lowest BCUT2D eigenvalue weighted by Crippen LogP contribution is -2.14. The van der Waals surface area contributed by atoms with Gasteiger partial charge in [-0.25, -0.2) is 4.79 Å². The number of rotatable bonds is 6. The molecule has 1 aromatic carbocycles. The second-order valence-electron chi connectivity index (χ2n) is 3.16. The van der Waals surface area contributed by atoms with Crippen LogP contribution in [0.4, 0.5) is 0 Å². The van der Waals surface area contributed by atoms with Gasteiger partial charge in [-0.1, -0.05) is 0 Å². The maximum Gasteiger partial charge on any atom is 0.337 e. The highest BCUT2D eigenvalue weighted by Crippen LogP contribution is 2.28. The number of carbonyl (C=O) groups excluding carboxylic acids is 2. The molecule has 0 aliphatic rings. The third-order valence-electron chi connectivity index (χ3n) is 1.89. The van der Waals surface area contributed by atoms with E-state index in [4.69, 9.17) is 9.47 Å². The summed E-state index contributed by atoms with van der Waals surface area (Å²) in [4.78, 5) is 21.9. The number of hydrogen-bond donors (Lipinski definition) is 0. The molecule has 0 atom stereocenters. The molecule has 5 nitrogen and oxygen atoms in total. The predicted molar refractivity (Wildman–Crippen MR) is 60.5 cm³/mol. The van der Waals surface area contributed by atoms with E-state index >= 15 is 0 Å². The zero-order valence-electron chi connectivity index (χ0n) is 9.76. The molecule has 0 aliphatic carbocycles. The Hall–Kier alpha value is -1.88. The molecule has 0 aromatic heterocycles. The van der Waals surface area contributed by atoms with Crippen molar-refractivity contribution in [2.24, 2.45) is 0 Å². The zero-order chi connectivity index (χ0) is 12.7. The van der Waals surface area contributed by atoms with Gasteiger partial charge in [-0.15, -0.1) is 0 Å². The van der Waals surface area contributed by atoms with Gasteiger partial charge >= 0.3 is 5.97 Å². The van der Waals surface area contributed by atoms with Crippen LogP contribution < -0.4 is 9.47 Å². The molecule has 0 spiro atoms. The molecule has 0 heterocycles. The quantitative estimate of drug-likeness (QED) is 0.426. The summed E-state index contributed by atoms with van der Waals surface area (Å²) >= 11 is 0. The molecule has 0 saturated carbocycles. The molecule has 0 fully saturated rings. The molecule has 0 saturated heterocycles. The Balaban J connectivity index is 2.89. The van der Waals surface area contributed by atoms with Crippen LogP contribution in [0.5, 0.6) is 11.5 Å². The van der Waals surface area contributed by atoms with Gasteiger partial charge in [-0.05, 0) is 25.1 Å². The number of methoxy groups -OCH3 is 1. The lowest BCUT2D eigenvalue weighted by Gasteiger charge is -2.10. The average molecular weight is 238 g/mol. The van der Waals surface area contributed by atoms with Gasteiger partial charge in [0.05, 0.1) is 6.61 Å². The molecular weight excluding hydrogens is 224 g/mol. The Morgan fingerprint density at radius 3 is 2.71 bits per heavy atom. The van der Waals surface area contributed by atoms with Gasteiger partial charge in [-0.2, -0.15) is 0 Å². The second-order valence-corrected chi connectivity index (χ2v) is 3.16. The monoisotopic (exact) mass is 238 g/mol. The predicted octanol–water partition coefficient (Wildman–Crippen LogP) is 1.45. The van der Waals surface area contributed by atoms with Crippen LogP contribution in [0, 0.1) is 0 Å². The standard InChI is InChI=1S/C12H14O5/c1-3-16-11-6-9(7-13)4-5-10(11)17-12(14)8-15-2/h4-7H,3,8H2,1-2H3. The van der Waals surface area contributed by atoms with Crippen molar-refractivity contribution in [3.8, 4) is 11.5 Å². The van der Waals surface area contributed by atoms with E-state index < -0.39 is 5.97 Å². The Bertz CT molecular complexity index is 400. The SMILES string of the molecule is CCOc1cc(C=O)ccc1OC(=O)COC. The van der Waals surface area contributed by atoms with E-state index in [-0.39, 0.29) is 12.4 Å². The molecule has 0 aliphatic heterocycles. The number of aldehydes is 1. The fraction of sp³-hybridized carbons (Fsp3) is 0.333. The second kappa shape index (κ2) is 6.65. The van der Waals surface area contributed by atoms with E-state index in [2.05, 4.69) is 4.74 Å². The lowest BCUT2D eigenvalue weighted by molar-refractivity contribution is -0.138. The highest BCUT2D eigenvalue weighted by molar-refractivity contribution is 5.78. The molecule has 0 bridgehead atoms. The fourth-order valence-corrected chi connectivity index (χ4v) is 1.22. The first-order valence-electron chi connectivity index (χ1n) is 5.13. The first kappa shape index (κ1) is 13.2. The Morgan fingerprint density at radius 2 is 2.12 bits per heavy atom. The molecule has 0 amide bonds. The highest BCUT2D eigenvalue weighted by atomic mass is 16.6. The Kier molecular flexibility index (Phi) is 5.16. The molecular formula is C12H14O5. The van der Waals surface area contributed by atoms with Gasteiger partial charge in [-0.3, -0.25) is 4.79 Å². The molecule has 0 unspecified atom stereocenters. The molecule has 0 N–H and O–H groups in total. The van der Waals surface area contributed by atoms with Crippen LogP contribution in [0.15, 0.2) is 18.2 Å².